The largest absolute Gasteiger partial charge is 0.256 e. The topological polar surface area (TPSA) is 153 Å². The van der Waals surface area contributed by atoms with Crippen LogP contribution >= 0.6 is 0 Å². The van der Waals surface area contributed by atoms with Crippen molar-refractivity contribution in [3.05, 3.63) is 144 Å². The van der Waals surface area contributed by atoms with Crippen molar-refractivity contribution >= 4 is 99.6 Å². The monoisotopic (exact) mass is 732 g/mol. The van der Waals surface area contributed by atoms with E-state index < -0.39 is 0 Å². The third kappa shape index (κ3) is 4.31. The van der Waals surface area contributed by atoms with Crippen LogP contribution in [0, 0.1) is 0 Å². The first-order chi connectivity index (χ1) is 28.2. The van der Waals surface area contributed by atoms with E-state index in [0.29, 0.717) is 53.9 Å². The summed E-state index contributed by atoms with van der Waals surface area (Å²) in [6.45, 7) is 0. The molecule has 3 aromatic carbocycles. The van der Waals surface area contributed by atoms with Crippen molar-refractivity contribution in [3.63, 3.8) is 0 Å². The number of benzene rings is 3. The molecule has 0 spiro atoms. The molecule has 12 nitrogen and oxygen atoms in total. The lowest BCUT2D eigenvalue weighted by Gasteiger charge is -2.09. The maximum Gasteiger partial charge on any atom is 0.178 e. The molecule has 7 aromatic heterocycles. The van der Waals surface area contributed by atoms with Crippen molar-refractivity contribution in [1.82, 2.24) is 44.9 Å². The minimum absolute atomic E-state index is 0.452. The Hall–Kier alpha value is -7.86. The van der Waals surface area contributed by atoms with Gasteiger partial charge in [-0.1, -0.05) is 36.4 Å². The lowest BCUT2D eigenvalue weighted by atomic mass is 9.99. The zero-order valence-corrected chi connectivity index (χ0v) is 29.9. The summed E-state index contributed by atoms with van der Waals surface area (Å²) in [6.07, 6.45) is 12.3. The Balaban J connectivity index is 1.02. The number of nitrogens with zero attached hydrogens (tertiary/aromatic N) is 12. The van der Waals surface area contributed by atoms with Gasteiger partial charge in [0.15, 0.2) is 17.5 Å². The average Bonchev–Trinajstić information content (AvgIpc) is 4.06. The summed E-state index contributed by atoms with van der Waals surface area (Å²) in [7, 11) is 0. The highest BCUT2D eigenvalue weighted by Gasteiger charge is 2.31. The molecule has 0 amide bonds. The van der Waals surface area contributed by atoms with E-state index in [0.717, 1.165) is 99.2 Å². The van der Waals surface area contributed by atoms with Crippen molar-refractivity contribution in [1.29, 1.82) is 0 Å². The number of hydrogen-bond donors (Lipinski definition) is 0. The molecule has 0 unspecified atom stereocenters. The molecule has 0 saturated heterocycles. The van der Waals surface area contributed by atoms with Crippen LogP contribution in [0.5, 0.6) is 0 Å². The fourth-order valence-electron chi connectivity index (χ4n) is 8.83. The summed E-state index contributed by atoms with van der Waals surface area (Å²) in [5.41, 5.74) is 12.6. The van der Waals surface area contributed by atoms with Crippen LogP contribution in [-0.4, -0.2) is 62.0 Å². The number of aromatic nitrogens is 9. The van der Waals surface area contributed by atoms with Crippen molar-refractivity contribution in [2.45, 2.75) is 19.3 Å². The van der Waals surface area contributed by atoms with Gasteiger partial charge in [0, 0.05) is 105 Å². The molecular weight excluding hydrogens is 709 g/mol. The van der Waals surface area contributed by atoms with E-state index in [9.17, 15) is 0 Å². The first-order valence-corrected chi connectivity index (χ1v) is 18.7. The third-order valence-electron chi connectivity index (χ3n) is 11.3. The van der Waals surface area contributed by atoms with Gasteiger partial charge in [-0.05, 0) is 36.4 Å². The molecule has 0 bridgehead atoms. The quantitative estimate of drug-likeness (QED) is 0.164. The third-order valence-corrected chi connectivity index (χ3v) is 11.3. The van der Waals surface area contributed by atoms with Crippen LogP contribution < -0.4 is 0 Å². The molecule has 3 aliphatic heterocycles. The van der Waals surface area contributed by atoms with Gasteiger partial charge in [-0.15, -0.1) is 0 Å². The van der Waals surface area contributed by atoms with Crippen LogP contribution in [0.1, 0.15) is 34.2 Å². The minimum Gasteiger partial charge on any atom is -0.256 e. The Labute approximate surface area is 322 Å². The zero-order valence-electron chi connectivity index (χ0n) is 29.9. The van der Waals surface area contributed by atoms with Gasteiger partial charge in [0.25, 0.3) is 0 Å². The Morgan fingerprint density at radius 2 is 0.544 bits per heavy atom. The minimum atomic E-state index is 0.452. The standard InChI is InChI=1S/C45H24N12/c1-7-22-25-10-4-16-49-37(25)40-28(34(22)46-13-1)19-31(52-40)43-55-44(32-20-29-35-23(8-2-14-47-35)26-11-5-17-50-38(26)41(29)53-32)57-45(56-43)33-21-30-36-24(9-3-15-48-36)27-12-6-18-51-39(27)42(30)54-33/h1-18H,19-21H2. The smallest absolute Gasteiger partial charge is 0.178 e. The number of rotatable bonds is 3. The second-order valence-electron chi connectivity index (χ2n) is 14.4. The molecule has 264 valence electrons. The number of pyridine rings is 6. The molecule has 3 aliphatic rings. The van der Waals surface area contributed by atoms with Gasteiger partial charge in [0.1, 0.15) is 0 Å². The normalized spacial score (nSPS) is 14.4. The van der Waals surface area contributed by atoms with E-state index >= 15 is 0 Å². The first-order valence-electron chi connectivity index (χ1n) is 18.7. The highest BCUT2D eigenvalue weighted by molar-refractivity contribution is 6.21. The molecular formula is C45H24N12. The first kappa shape index (κ1) is 30.5. The van der Waals surface area contributed by atoms with Crippen LogP contribution in [0.4, 0.5) is 17.1 Å². The molecule has 0 saturated carbocycles. The summed E-state index contributed by atoms with van der Waals surface area (Å²) >= 11 is 0. The van der Waals surface area contributed by atoms with Crippen molar-refractivity contribution < 1.29 is 0 Å². The lowest BCUT2D eigenvalue weighted by molar-refractivity contribution is 0.975. The predicted molar refractivity (Wildman–Crippen MR) is 221 cm³/mol. The molecule has 57 heavy (non-hydrogen) atoms. The van der Waals surface area contributed by atoms with Crippen LogP contribution in [-0.2, 0) is 19.3 Å². The summed E-state index contributed by atoms with van der Waals surface area (Å²) in [6, 6.07) is 24.2. The van der Waals surface area contributed by atoms with Gasteiger partial charge in [-0.25, -0.2) is 29.9 Å². The fraction of sp³-hybridized carbons (Fsp3) is 0.0667. The van der Waals surface area contributed by atoms with Gasteiger partial charge < -0.3 is 0 Å². The van der Waals surface area contributed by atoms with Gasteiger partial charge >= 0.3 is 0 Å². The SMILES string of the molecule is c1cnc2c3c(c4ncccc4c2c1)N=C(c1nc(C2=Nc4c(c5ncccc5c5cccnc45)C2)nc(C2=Nc4c(c5ncccc5c5cccnc45)C2)n1)C3. The molecule has 13 rings (SSSR count). The fourth-order valence-corrected chi connectivity index (χ4v) is 8.83. The highest BCUT2D eigenvalue weighted by atomic mass is 15.1. The summed E-state index contributed by atoms with van der Waals surface area (Å²) in [5.74, 6) is 1.36. The molecule has 10 heterocycles. The number of aliphatic imine (C=N–C) groups is 3. The molecule has 0 atom stereocenters. The molecule has 0 fully saturated rings. The lowest BCUT2D eigenvalue weighted by Crippen LogP contribution is -2.20. The van der Waals surface area contributed by atoms with E-state index in [1.165, 1.54) is 0 Å². The van der Waals surface area contributed by atoms with Crippen LogP contribution in [0.25, 0.3) is 65.4 Å². The maximum absolute atomic E-state index is 5.22. The van der Waals surface area contributed by atoms with E-state index in [1.54, 1.807) is 18.6 Å². The van der Waals surface area contributed by atoms with Crippen LogP contribution in [0.2, 0.25) is 0 Å². The van der Waals surface area contributed by atoms with E-state index in [-0.39, 0.29) is 0 Å². The Morgan fingerprint density at radius 1 is 0.298 bits per heavy atom. The second kappa shape index (κ2) is 11.3. The zero-order chi connectivity index (χ0) is 37.2. The maximum atomic E-state index is 5.22. The molecule has 10 aromatic rings. The van der Waals surface area contributed by atoms with Crippen LogP contribution in [0.3, 0.4) is 0 Å². The molecule has 0 radical (unpaired) electrons. The highest BCUT2D eigenvalue weighted by Crippen LogP contribution is 2.44. The van der Waals surface area contributed by atoms with Gasteiger partial charge in [-0.2, -0.15) is 0 Å². The van der Waals surface area contributed by atoms with Gasteiger partial charge in [-0.3, -0.25) is 29.9 Å². The van der Waals surface area contributed by atoms with Crippen molar-refractivity contribution in [2.75, 3.05) is 0 Å². The summed E-state index contributed by atoms with van der Waals surface area (Å²) in [5, 5.41) is 6.11. The average molecular weight is 733 g/mol. The molecule has 0 N–H and O–H groups in total. The predicted octanol–water partition coefficient (Wildman–Crippen LogP) is 8.19. The summed E-state index contributed by atoms with van der Waals surface area (Å²) < 4.78 is 0. The van der Waals surface area contributed by atoms with Gasteiger partial charge in [0.2, 0.25) is 0 Å². The van der Waals surface area contributed by atoms with E-state index in [4.69, 9.17) is 59.8 Å². The second-order valence-corrected chi connectivity index (χ2v) is 14.4. The van der Waals surface area contributed by atoms with E-state index in [1.807, 2.05) is 55.0 Å². The number of hydrogen-bond acceptors (Lipinski definition) is 12. The van der Waals surface area contributed by atoms with Gasteiger partial charge in [0.05, 0.1) is 67.3 Å². The van der Waals surface area contributed by atoms with Crippen molar-refractivity contribution in [3.8, 4) is 0 Å². The van der Waals surface area contributed by atoms with E-state index in [2.05, 4.69) is 36.4 Å². The molecule has 12 heteroatoms. The number of fused-ring (bicyclic) bond motifs is 18. The summed E-state index contributed by atoms with van der Waals surface area (Å²) in [4.78, 5) is 60.0. The van der Waals surface area contributed by atoms with Crippen LogP contribution in [0.15, 0.2) is 125 Å². The van der Waals surface area contributed by atoms with Crippen molar-refractivity contribution in [2.24, 2.45) is 15.0 Å². The molecule has 0 aliphatic carbocycles. The Bertz CT molecular complexity index is 3190. The Kier molecular flexibility index (Phi) is 6.06. The Morgan fingerprint density at radius 3 is 0.825 bits per heavy atom.